The van der Waals surface area contributed by atoms with E-state index in [-0.39, 0.29) is 12.0 Å². The SMILES string of the molecule is CCOC(=O)[C@@H](CC(C)C)NC. The summed E-state index contributed by atoms with van der Waals surface area (Å²) in [6, 6.07) is -0.148. The lowest BCUT2D eigenvalue weighted by molar-refractivity contribution is -0.145. The molecular formula is C9H19NO2. The molecule has 0 amide bonds. The monoisotopic (exact) mass is 173 g/mol. The molecule has 0 aliphatic heterocycles. The first-order valence-corrected chi connectivity index (χ1v) is 4.45. The fourth-order valence-corrected chi connectivity index (χ4v) is 1.05. The Hall–Kier alpha value is -0.570. The average Bonchev–Trinajstić information content (AvgIpc) is 2.00. The highest BCUT2D eigenvalue weighted by molar-refractivity contribution is 5.75. The number of hydrogen-bond donors (Lipinski definition) is 1. The van der Waals surface area contributed by atoms with Gasteiger partial charge in [0.15, 0.2) is 0 Å². The molecule has 0 saturated heterocycles. The summed E-state index contributed by atoms with van der Waals surface area (Å²) in [5.41, 5.74) is 0. The summed E-state index contributed by atoms with van der Waals surface area (Å²) in [4.78, 5) is 11.2. The van der Waals surface area contributed by atoms with Crippen molar-refractivity contribution >= 4 is 5.97 Å². The van der Waals surface area contributed by atoms with Gasteiger partial charge in [0.25, 0.3) is 0 Å². The number of rotatable bonds is 5. The van der Waals surface area contributed by atoms with Crippen LogP contribution < -0.4 is 5.32 Å². The number of carbonyl (C=O) groups excluding carboxylic acids is 1. The molecule has 12 heavy (non-hydrogen) atoms. The van der Waals surface area contributed by atoms with E-state index in [1.165, 1.54) is 0 Å². The van der Waals surface area contributed by atoms with Crippen molar-refractivity contribution < 1.29 is 9.53 Å². The molecule has 0 radical (unpaired) electrons. The van der Waals surface area contributed by atoms with Gasteiger partial charge in [-0.05, 0) is 26.3 Å². The highest BCUT2D eigenvalue weighted by Crippen LogP contribution is 2.05. The van der Waals surface area contributed by atoms with Gasteiger partial charge in [-0.25, -0.2) is 0 Å². The second-order valence-electron chi connectivity index (χ2n) is 3.22. The quantitative estimate of drug-likeness (QED) is 0.634. The molecular weight excluding hydrogens is 154 g/mol. The molecule has 0 aliphatic rings. The van der Waals surface area contributed by atoms with E-state index >= 15 is 0 Å². The van der Waals surface area contributed by atoms with Crippen molar-refractivity contribution in [3.05, 3.63) is 0 Å². The summed E-state index contributed by atoms with van der Waals surface area (Å²) in [6.45, 7) is 6.45. The summed E-state index contributed by atoms with van der Waals surface area (Å²) in [5.74, 6) is 0.362. The second kappa shape index (κ2) is 6.00. The van der Waals surface area contributed by atoms with Crippen LogP contribution in [0.4, 0.5) is 0 Å². The molecule has 0 bridgehead atoms. The molecule has 0 heterocycles. The van der Waals surface area contributed by atoms with Crippen LogP contribution in [-0.4, -0.2) is 25.7 Å². The van der Waals surface area contributed by atoms with Crippen LogP contribution in [0.1, 0.15) is 27.2 Å². The molecule has 3 heteroatoms. The van der Waals surface area contributed by atoms with Gasteiger partial charge in [-0.3, -0.25) is 4.79 Å². The third kappa shape index (κ3) is 4.34. The fourth-order valence-electron chi connectivity index (χ4n) is 1.05. The summed E-state index contributed by atoms with van der Waals surface area (Å²) in [5, 5.41) is 2.94. The maximum Gasteiger partial charge on any atom is 0.323 e. The van der Waals surface area contributed by atoms with Crippen LogP contribution >= 0.6 is 0 Å². The van der Waals surface area contributed by atoms with Crippen molar-refractivity contribution in [3.63, 3.8) is 0 Å². The van der Waals surface area contributed by atoms with Gasteiger partial charge in [0.05, 0.1) is 6.61 Å². The third-order valence-corrected chi connectivity index (χ3v) is 1.63. The van der Waals surface area contributed by atoms with Gasteiger partial charge in [-0.15, -0.1) is 0 Å². The molecule has 0 aromatic carbocycles. The number of carbonyl (C=O) groups is 1. The van der Waals surface area contributed by atoms with E-state index in [1.54, 1.807) is 7.05 Å². The Morgan fingerprint density at radius 1 is 1.50 bits per heavy atom. The van der Waals surface area contributed by atoms with Crippen molar-refractivity contribution in [1.82, 2.24) is 5.32 Å². The number of hydrogen-bond acceptors (Lipinski definition) is 3. The highest BCUT2D eigenvalue weighted by atomic mass is 16.5. The van der Waals surface area contributed by atoms with E-state index in [9.17, 15) is 4.79 Å². The van der Waals surface area contributed by atoms with Gasteiger partial charge in [0, 0.05) is 0 Å². The number of ether oxygens (including phenoxy) is 1. The topological polar surface area (TPSA) is 38.3 Å². The predicted molar refractivity (Wildman–Crippen MR) is 48.9 cm³/mol. The third-order valence-electron chi connectivity index (χ3n) is 1.63. The summed E-state index contributed by atoms with van der Waals surface area (Å²) in [7, 11) is 1.78. The lowest BCUT2D eigenvalue weighted by Crippen LogP contribution is -2.36. The Morgan fingerprint density at radius 2 is 2.08 bits per heavy atom. The van der Waals surface area contributed by atoms with E-state index in [0.717, 1.165) is 6.42 Å². The van der Waals surface area contributed by atoms with Crippen molar-refractivity contribution in [2.24, 2.45) is 5.92 Å². The Bertz CT molecular complexity index is 134. The average molecular weight is 173 g/mol. The number of likely N-dealkylation sites (N-methyl/N-ethyl adjacent to an activating group) is 1. The largest absolute Gasteiger partial charge is 0.465 e. The zero-order valence-electron chi connectivity index (χ0n) is 8.39. The van der Waals surface area contributed by atoms with Crippen LogP contribution in [0.2, 0.25) is 0 Å². The van der Waals surface area contributed by atoms with Gasteiger partial charge in [-0.2, -0.15) is 0 Å². The summed E-state index contributed by atoms with van der Waals surface area (Å²) < 4.78 is 4.89. The van der Waals surface area contributed by atoms with Gasteiger partial charge in [0.1, 0.15) is 6.04 Å². The van der Waals surface area contributed by atoms with E-state index in [0.29, 0.717) is 12.5 Å². The van der Waals surface area contributed by atoms with Gasteiger partial charge >= 0.3 is 5.97 Å². The minimum atomic E-state index is -0.148. The first-order chi connectivity index (χ1) is 5.61. The molecule has 0 spiro atoms. The number of nitrogens with one attached hydrogen (secondary N) is 1. The normalized spacial score (nSPS) is 13.1. The van der Waals surface area contributed by atoms with Crippen LogP contribution in [0.15, 0.2) is 0 Å². The first kappa shape index (κ1) is 11.4. The Morgan fingerprint density at radius 3 is 2.42 bits per heavy atom. The molecule has 0 saturated carbocycles. The Balaban J connectivity index is 3.87. The maximum atomic E-state index is 11.2. The molecule has 0 aromatic rings. The van der Waals surface area contributed by atoms with Crippen LogP contribution in [0.3, 0.4) is 0 Å². The van der Waals surface area contributed by atoms with Crippen LogP contribution in [-0.2, 0) is 9.53 Å². The van der Waals surface area contributed by atoms with E-state index in [2.05, 4.69) is 19.2 Å². The Kier molecular flexibility index (Phi) is 5.72. The predicted octanol–water partition coefficient (Wildman–Crippen LogP) is 1.18. The smallest absolute Gasteiger partial charge is 0.323 e. The summed E-state index contributed by atoms with van der Waals surface area (Å²) >= 11 is 0. The highest BCUT2D eigenvalue weighted by Gasteiger charge is 2.18. The van der Waals surface area contributed by atoms with E-state index in [1.807, 2.05) is 6.92 Å². The fraction of sp³-hybridized carbons (Fsp3) is 0.889. The van der Waals surface area contributed by atoms with Crippen LogP contribution in [0.5, 0.6) is 0 Å². The van der Waals surface area contributed by atoms with Crippen LogP contribution in [0.25, 0.3) is 0 Å². The van der Waals surface area contributed by atoms with Crippen molar-refractivity contribution in [2.75, 3.05) is 13.7 Å². The zero-order chi connectivity index (χ0) is 9.56. The second-order valence-corrected chi connectivity index (χ2v) is 3.22. The van der Waals surface area contributed by atoms with Crippen molar-refractivity contribution in [3.8, 4) is 0 Å². The first-order valence-electron chi connectivity index (χ1n) is 4.45. The molecule has 0 unspecified atom stereocenters. The van der Waals surface area contributed by atoms with Crippen molar-refractivity contribution in [2.45, 2.75) is 33.2 Å². The molecule has 3 nitrogen and oxygen atoms in total. The minimum Gasteiger partial charge on any atom is -0.465 e. The van der Waals surface area contributed by atoms with Gasteiger partial charge < -0.3 is 10.1 Å². The van der Waals surface area contributed by atoms with E-state index < -0.39 is 0 Å². The Labute approximate surface area is 74.5 Å². The standard InChI is InChI=1S/C9H19NO2/c1-5-12-9(11)8(10-4)6-7(2)3/h7-8,10H,5-6H2,1-4H3/t8-/m1/s1. The summed E-state index contributed by atoms with van der Waals surface area (Å²) in [6.07, 6.45) is 0.829. The maximum absolute atomic E-state index is 11.2. The van der Waals surface area contributed by atoms with Gasteiger partial charge in [0.2, 0.25) is 0 Å². The lowest BCUT2D eigenvalue weighted by atomic mass is 10.0. The zero-order valence-corrected chi connectivity index (χ0v) is 8.39. The molecule has 0 aliphatic carbocycles. The molecule has 1 atom stereocenters. The molecule has 0 aromatic heterocycles. The van der Waals surface area contributed by atoms with Crippen LogP contribution in [0, 0.1) is 5.92 Å². The molecule has 0 fully saturated rings. The molecule has 1 N–H and O–H groups in total. The number of esters is 1. The van der Waals surface area contributed by atoms with Gasteiger partial charge in [-0.1, -0.05) is 13.8 Å². The van der Waals surface area contributed by atoms with E-state index in [4.69, 9.17) is 4.74 Å². The molecule has 0 rings (SSSR count). The van der Waals surface area contributed by atoms with Crippen molar-refractivity contribution in [1.29, 1.82) is 0 Å². The lowest BCUT2D eigenvalue weighted by Gasteiger charge is -2.16. The minimum absolute atomic E-state index is 0.145. The molecule has 72 valence electrons.